The van der Waals surface area contributed by atoms with Crippen molar-refractivity contribution >= 4 is 11.6 Å². The largest absolute Gasteiger partial charge is 0.489 e. The van der Waals surface area contributed by atoms with Crippen LogP contribution >= 0.6 is 11.6 Å². The molecule has 0 aliphatic carbocycles. The standard InChI is InChI=1S/C16H25ClO/c1-2-3-4-5-6-8-13-16(14-17)18-15-11-9-7-10-12-15/h7,9-12,16H,2-6,8,13-14H2,1H3. The lowest BCUT2D eigenvalue weighted by molar-refractivity contribution is 0.209. The number of ether oxygens (including phenoxy) is 1. The van der Waals surface area contributed by atoms with E-state index in [-0.39, 0.29) is 6.10 Å². The summed E-state index contributed by atoms with van der Waals surface area (Å²) in [5.74, 6) is 1.50. The fraction of sp³-hybridized carbons (Fsp3) is 0.625. The lowest BCUT2D eigenvalue weighted by Gasteiger charge is -2.16. The Hall–Kier alpha value is -0.690. The third-order valence-corrected chi connectivity index (χ3v) is 3.44. The molecule has 1 aromatic rings. The fourth-order valence-corrected chi connectivity index (χ4v) is 2.23. The Labute approximate surface area is 116 Å². The molecule has 1 atom stereocenters. The summed E-state index contributed by atoms with van der Waals surface area (Å²) in [5.41, 5.74) is 0. The van der Waals surface area contributed by atoms with Gasteiger partial charge in [-0.05, 0) is 25.0 Å². The lowest BCUT2D eigenvalue weighted by Crippen LogP contribution is -2.18. The van der Waals surface area contributed by atoms with E-state index in [0.717, 1.165) is 12.2 Å². The van der Waals surface area contributed by atoms with Crippen molar-refractivity contribution in [3.63, 3.8) is 0 Å². The van der Waals surface area contributed by atoms with Gasteiger partial charge in [0.2, 0.25) is 0 Å². The van der Waals surface area contributed by atoms with Gasteiger partial charge in [-0.2, -0.15) is 0 Å². The SMILES string of the molecule is CCCCCCCCC(CCl)Oc1ccccc1. The van der Waals surface area contributed by atoms with Crippen LogP contribution in [0.15, 0.2) is 30.3 Å². The summed E-state index contributed by atoms with van der Waals surface area (Å²) in [4.78, 5) is 0. The maximum absolute atomic E-state index is 5.95. The Morgan fingerprint density at radius 1 is 1.00 bits per heavy atom. The summed E-state index contributed by atoms with van der Waals surface area (Å²) < 4.78 is 5.86. The maximum Gasteiger partial charge on any atom is 0.119 e. The second kappa shape index (κ2) is 10.3. The third-order valence-electron chi connectivity index (χ3n) is 3.10. The second-order valence-electron chi connectivity index (χ2n) is 4.76. The van der Waals surface area contributed by atoms with Crippen molar-refractivity contribution in [2.45, 2.75) is 58.0 Å². The van der Waals surface area contributed by atoms with Crippen LogP contribution in [0.4, 0.5) is 0 Å². The highest BCUT2D eigenvalue weighted by Crippen LogP contribution is 2.16. The minimum absolute atomic E-state index is 0.153. The molecular weight excluding hydrogens is 244 g/mol. The molecule has 0 aliphatic rings. The first-order valence-electron chi connectivity index (χ1n) is 7.14. The van der Waals surface area contributed by atoms with Gasteiger partial charge in [-0.3, -0.25) is 0 Å². The Balaban J connectivity index is 2.14. The van der Waals surface area contributed by atoms with Crippen molar-refractivity contribution < 1.29 is 4.74 Å². The number of halogens is 1. The zero-order valence-electron chi connectivity index (χ0n) is 11.4. The molecule has 0 aromatic heterocycles. The number of alkyl halides is 1. The van der Waals surface area contributed by atoms with Crippen molar-refractivity contribution in [3.8, 4) is 5.75 Å². The third kappa shape index (κ3) is 6.90. The van der Waals surface area contributed by atoms with Crippen molar-refractivity contribution in [2.24, 2.45) is 0 Å². The zero-order valence-corrected chi connectivity index (χ0v) is 12.2. The van der Waals surface area contributed by atoms with E-state index < -0.39 is 0 Å². The van der Waals surface area contributed by atoms with E-state index >= 15 is 0 Å². The molecule has 0 radical (unpaired) electrons. The van der Waals surface area contributed by atoms with Crippen LogP contribution in [0.25, 0.3) is 0 Å². The molecule has 1 unspecified atom stereocenters. The molecule has 1 rings (SSSR count). The Bertz CT molecular complexity index is 286. The molecule has 102 valence electrons. The average molecular weight is 269 g/mol. The number of benzene rings is 1. The van der Waals surface area contributed by atoms with Crippen molar-refractivity contribution in [3.05, 3.63) is 30.3 Å². The molecular formula is C16H25ClO. The highest BCUT2D eigenvalue weighted by molar-refractivity contribution is 6.18. The molecule has 1 aromatic carbocycles. The quantitative estimate of drug-likeness (QED) is 0.406. The maximum atomic E-state index is 5.95. The molecule has 0 heterocycles. The molecule has 0 aliphatic heterocycles. The van der Waals surface area contributed by atoms with Gasteiger partial charge in [0, 0.05) is 0 Å². The summed E-state index contributed by atoms with van der Waals surface area (Å²) in [6.07, 6.45) is 9.10. The van der Waals surface area contributed by atoms with Gasteiger partial charge in [0.05, 0.1) is 5.88 Å². The van der Waals surface area contributed by atoms with Gasteiger partial charge in [-0.15, -0.1) is 11.6 Å². The summed E-state index contributed by atoms with van der Waals surface area (Å²) in [7, 11) is 0. The Morgan fingerprint density at radius 3 is 2.33 bits per heavy atom. The van der Waals surface area contributed by atoms with E-state index in [4.69, 9.17) is 16.3 Å². The predicted molar refractivity (Wildman–Crippen MR) is 79.6 cm³/mol. The number of para-hydroxylation sites is 1. The van der Waals surface area contributed by atoms with Gasteiger partial charge in [0.25, 0.3) is 0 Å². The lowest BCUT2D eigenvalue weighted by atomic mass is 10.1. The van der Waals surface area contributed by atoms with Gasteiger partial charge in [-0.25, -0.2) is 0 Å². The summed E-state index contributed by atoms with van der Waals surface area (Å²) >= 11 is 5.95. The highest BCUT2D eigenvalue weighted by atomic mass is 35.5. The molecule has 0 fully saturated rings. The topological polar surface area (TPSA) is 9.23 Å². The highest BCUT2D eigenvalue weighted by Gasteiger charge is 2.08. The number of hydrogen-bond acceptors (Lipinski definition) is 1. The van der Waals surface area contributed by atoms with E-state index in [1.54, 1.807) is 0 Å². The molecule has 0 saturated heterocycles. The van der Waals surface area contributed by atoms with E-state index in [1.807, 2.05) is 30.3 Å². The zero-order chi connectivity index (χ0) is 13.1. The molecule has 18 heavy (non-hydrogen) atoms. The predicted octanol–water partition coefficient (Wildman–Crippen LogP) is 5.42. The summed E-state index contributed by atoms with van der Waals surface area (Å²) in [6.45, 7) is 2.25. The molecule has 0 bridgehead atoms. The molecule has 2 heteroatoms. The molecule has 1 nitrogen and oxygen atoms in total. The minimum atomic E-state index is 0.153. The van der Waals surface area contributed by atoms with Gasteiger partial charge in [0.1, 0.15) is 11.9 Å². The first-order chi connectivity index (χ1) is 8.86. The monoisotopic (exact) mass is 268 g/mol. The molecule has 0 saturated carbocycles. The van der Waals surface area contributed by atoms with Crippen LogP contribution in [0.3, 0.4) is 0 Å². The van der Waals surface area contributed by atoms with E-state index in [1.165, 1.54) is 38.5 Å². The van der Waals surface area contributed by atoms with Crippen molar-refractivity contribution in [2.75, 3.05) is 5.88 Å². The van der Waals surface area contributed by atoms with E-state index in [9.17, 15) is 0 Å². The number of hydrogen-bond donors (Lipinski definition) is 0. The van der Waals surface area contributed by atoms with Crippen LogP contribution in [0.2, 0.25) is 0 Å². The van der Waals surface area contributed by atoms with E-state index in [2.05, 4.69) is 6.92 Å². The Morgan fingerprint density at radius 2 is 1.67 bits per heavy atom. The van der Waals surface area contributed by atoms with Gasteiger partial charge < -0.3 is 4.74 Å². The fourth-order valence-electron chi connectivity index (χ4n) is 2.01. The average Bonchev–Trinajstić information content (AvgIpc) is 2.42. The minimum Gasteiger partial charge on any atom is -0.489 e. The van der Waals surface area contributed by atoms with Crippen LogP contribution in [-0.2, 0) is 0 Å². The number of rotatable bonds is 10. The van der Waals surface area contributed by atoms with Gasteiger partial charge in [-0.1, -0.05) is 57.2 Å². The molecule has 0 spiro atoms. The second-order valence-corrected chi connectivity index (χ2v) is 5.07. The van der Waals surface area contributed by atoms with E-state index in [0.29, 0.717) is 5.88 Å². The molecule has 0 N–H and O–H groups in total. The van der Waals surface area contributed by atoms with Crippen molar-refractivity contribution in [1.82, 2.24) is 0 Å². The van der Waals surface area contributed by atoms with Gasteiger partial charge >= 0.3 is 0 Å². The van der Waals surface area contributed by atoms with Crippen LogP contribution in [0.1, 0.15) is 51.9 Å². The van der Waals surface area contributed by atoms with Crippen molar-refractivity contribution in [1.29, 1.82) is 0 Å². The first kappa shape index (κ1) is 15.4. The summed E-state index contributed by atoms with van der Waals surface area (Å²) in [6, 6.07) is 9.95. The van der Waals surface area contributed by atoms with Crippen LogP contribution in [0, 0.1) is 0 Å². The Kier molecular flexibility index (Phi) is 8.75. The van der Waals surface area contributed by atoms with Crippen LogP contribution in [0.5, 0.6) is 5.75 Å². The van der Waals surface area contributed by atoms with Crippen LogP contribution in [-0.4, -0.2) is 12.0 Å². The first-order valence-corrected chi connectivity index (χ1v) is 7.68. The van der Waals surface area contributed by atoms with Gasteiger partial charge in [0.15, 0.2) is 0 Å². The number of unbranched alkanes of at least 4 members (excludes halogenated alkanes) is 5. The normalized spacial score (nSPS) is 12.3. The summed E-state index contributed by atoms with van der Waals surface area (Å²) in [5, 5.41) is 0. The smallest absolute Gasteiger partial charge is 0.119 e. The van der Waals surface area contributed by atoms with Crippen LogP contribution < -0.4 is 4.74 Å². The molecule has 0 amide bonds.